The Bertz CT molecular complexity index is 1700. The van der Waals surface area contributed by atoms with Gasteiger partial charge in [0.05, 0.1) is 18.8 Å². The molecule has 0 aliphatic heterocycles. The molecule has 0 atom stereocenters. The van der Waals surface area contributed by atoms with Gasteiger partial charge in [0.1, 0.15) is 11.3 Å². The number of aromatic hydroxyl groups is 1. The number of carbonyl (C=O) groups excluding carboxylic acids is 1. The number of phenolic OH excluding ortho intramolecular Hbond substituents is 1. The summed E-state index contributed by atoms with van der Waals surface area (Å²) in [7, 11) is 1.57. The molecule has 6 aromatic rings. The largest absolute Gasteiger partial charge is 0.508 e. The van der Waals surface area contributed by atoms with Crippen LogP contribution >= 0.6 is 0 Å². The summed E-state index contributed by atoms with van der Waals surface area (Å²) in [4.78, 5) is 28.7. The smallest absolute Gasteiger partial charge is 0.238 e. The number of H-pyrrole nitrogens is 2. The molecule has 7 nitrogen and oxygen atoms in total. The fourth-order valence-electron chi connectivity index (χ4n) is 4.68. The molecule has 0 amide bonds. The molecule has 0 saturated carbocycles. The lowest BCUT2D eigenvalue weighted by Crippen LogP contribution is -2.03. The lowest BCUT2D eigenvalue weighted by Gasteiger charge is -2.07. The third-order valence-electron chi connectivity index (χ3n) is 6.18. The zero-order chi connectivity index (χ0) is 22.5. The van der Waals surface area contributed by atoms with Gasteiger partial charge in [-0.2, -0.15) is 0 Å². The van der Waals surface area contributed by atoms with Gasteiger partial charge in [-0.3, -0.25) is 9.78 Å². The van der Waals surface area contributed by atoms with Gasteiger partial charge in [0.2, 0.25) is 5.88 Å². The van der Waals surface area contributed by atoms with Crippen molar-refractivity contribution in [2.24, 2.45) is 0 Å². The molecule has 0 spiro atoms. The van der Waals surface area contributed by atoms with Crippen molar-refractivity contribution in [3.8, 4) is 11.6 Å². The van der Waals surface area contributed by atoms with E-state index in [-0.39, 0.29) is 11.5 Å². The molecule has 3 N–H and O–H groups in total. The number of aromatic nitrogens is 4. The highest BCUT2D eigenvalue weighted by molar-refractivity contribution is 6.18. The van der Waals surface area contributed by atoms with Crippen LogP contribution in [-0.2, 0) is 6.42 Å². The normalized spacial score (nSPS) is 11.7. The Morgan fingerprint density at radius 2 is 1.82 bits per heavy atom. The number of phenols is 1. The molecule has 0 aliphatic carbocycles. The molecular weight excluding hydrogens is 416 g/mol. The first kappa shape index (κ1) is 19.3. The van der Waals surface area contributed by atoms with E-state index in [1.165, 1.54) is 0 Å². The van der Waals surface area contributed by atoms with Gasteiger partial charge >= 0.3 is 0 Å². The van der Waals surface area contributed by atoms with Gasteiger partial charge in [-0.05, 0) is 36.2 Å². The summed E-state index contributed by atoms with van der Waals surface area (Å²) in [6.45, 7) is 0. The van der Waals surface area contributed by atoms with Crippen LogP contribution in [-0.4, -0.2) is 37.9 Å². The fourth-order valence-corrected chi connectivity index (χ4v) is 4.68. The summed E-state index contributed by atoms with van der Waals surface area (Å²) in [5.41, 5.74) is 4.98. The number of carbonyl (C=O) groups is 1. The number of methoxy groups -OCH3 is 1. The first-order valence-corrected chi connectivity index (χ1v) is 10.7. The number of nitrogens with zero attached hydrogens (tertiary/aromatic N) is 2. The third kappa shape index (κ3) is 3.01. The van der Waals surface area contributed by atoms with Gasteiger partial charge in [-0.25, -0.2) is 4.98 Å². The molecule has 162 valence electrons. The van der Waals surface area contributed by atoms with Crippen LogP contribution in [0.3, 0.4) is 0 Å². The Morgan fingerprint density at radius 3 is 2.70 bits per heavy atom. The molecule has 33 heavy (non-hydrogen) atoms. The highest BCUT2D eigenvalue weighted by atomic mass is 16.5. The number of para-hydroxylation sites is 1. The molecule has 0 radical (unpaired) electrons. The second kappa shape index (κ2) is 7.34. The molecule has 0 unspecified atom stereocenters. The van der Waals surface area contributed by atoms with Crippen molar-refractivity contribution < 1.29 is 14.6 Å². The van der Waals surface area contributed by atoms with Crippen molar-refractivity contribution in [2.75, 3.05) is 7.11 Å². The molecule has 2 aromatic carbocycles. The van der Waals surface area contributed by atoms with Crippen molar-refractivity contribution in [1.82, 2.24) is 19.9 Å². The standard InChI is InChI=1S/C26H20N4O3/c1-33-26-25-23(17-10-15(31)7-8-20(17)30-25)14(11-28-26)6-9-22(32)18-12-27-13-21-24(18)16-4-2-3-5-19(16)29-21/h2-5,7-8,10-13,29-31H,6,9H2,1H3. The lowest BCUT2D eigenvalue weighted by atomic mass is 9.98. The second-order valence-electron chi connectivity index (χ2n) is 8.10. The number of aromatic amines is 2. The third-order valence-corrected chi connectivity index (χ3v) is 6.18. The first-order chi connectivity index (χ1) is 16.1. The Morgan fingerprint density at radius 1 is 0.970 bits per heavy atom. The van der Waals surface area contributed by atoms with Crippen molar-refractivity contribution in [1.29, 1.82) is 0 Å². The summed E-state index contributed by atoms with van der Waals surface area (Å²) in [6.07, 6.45) is 5.94. The van der Waals surface area contributed by atoms with E-state index in [0.717, 1.165) is 49.2 Å². The van der Waals surface area contributed by atoms with Crippen LogP contribution in [0.5, 0.6) is 11.6 Å². The molecule has 4 heterocycles. The van der Waals surface area contributed by atoms with Gasteiger partial charge in [-0.15, -0.1) is 0 Å². The van der Waals surface area contributed by atoms with Crippen molar-refractivity contribution in [2.45, 2.75) is 12.8 Å². The number of rotatable bonds is 5. The number of nitrogens with one attached hydrogen (secondary N) is 2. The highest BCUT2D eigenvalue weighted by Gasteiger charge is 2.18. The van der Waals surface area contributed by atoms with Crippen LogP contribution in [0.4, 0.5) is 0 Å². The van der Waals surface area contributed by atoms with Crippen molar-refractivity contribution in [3.63, 3.8) is 0 Å². The summed E-state index contributed by atoms with van der Waals surface area (Å²) in [5, 5.41) is 13.7. The Hall–Kier alpha value is -4.39. The molecular formula is C26H20N4O3. The maximum atomic E-state index is 13.3. The molecule has 7 heteroatoms. The van der Waals surface area contributed by atoms with Crippen LogP contribution in [0.15, 0.2) is 61.1 Å². The number of pyridine rings is 2. The van der Waals surface area contributed by atoms with Gasteiger partial charge in [-0.1, -0.05) is 18.2 Å². The predicted molar refractivity (Wildman–Crippen MR) is 128 cm³/mol. The number of hydrogen-bond donors (Lipinski definition) is 3. The van der Waals surface area contributed by atoms with Crippen molar-refractivity contribution >= 4 is 49.4 Å². The van der Waals surface area contributed by atoms with E-state index in [4.69, 9.17) is 4.74 Å². The summed E-state index contributed by atoms with van der Waals surface area (Å²) >= 11 is 0. The Labute approximate surface area is 188 Å². The van der Waals surface area contributed by atoms with E-state index in [0.29, 0.717) is 24.3 Å². The number of ether oxygens (including phenoxy) is 1. The Kier molecular flexibility index (Phi) is 4.29. The molecule has 4 aromatic heterocycles. The fraction of sp³-hybridized carbons (Fsp3) is 0.115. The monoisotopic (exact) mass is 436 g/mol. The van der Waals surface area contributed by atoms with Gasteiger partial charge in [0, 0.05) is 57.0 Å². The topological polar surface area (TPSA) is 104 Å². The van der Waals surface area contributed by atoms with Gasteiger partial charge in [0.15, 0.2) is 5.78 Å². The van der Waals surface area contributed by atoms with Gasteiger partial charge < -0.3 is 19.8 Å². The van der Waals surface area contributed by atoms with E-state index < -0.39 is 0 Å². The average molecular weight is 436 g/mol. The van der Waals surface area contributed by atoms with E-state index in [9.17, 15) is 9.90 Å². The number of hydrogen-bond acceptors (Lipinski definition) is 5. The van der Waals surface area contributed by atoms with Crippen molar-refractivity contribution in [3.05, 3.63) is 72.2 Å². The minimum atomic E-state index is 0.0181. The average Bonchev–Trinajstić information content (AvgIpc) is 3.40. The maximum absolute atomic E-state index is 13.3. The summed E-state index contributed by atoms with van der Waals surface area (Å²) < 4.78 is 5.43. The minimum absolute atomic E-state index is 0.0181. The second-order valence-corrected chi connectivity index (χ2v) is 8.10. The van der Waals surface area contributed by atoms with E-state index in [1.54, 1.807) is 37.8 Å². The van der Waals surface area contributed by atoms with Crippen LogP contribution in [0, 0.1) is 0 Å². The predicted octanol–water partition coefficient (Wildman–Crippen LogP) is 5.28. The highest BCUT2D eigenvalue weighted by Crippen LogP contribution is 2.35. The van der Waals surface area contributed by atoms with Crippen LogP contribution in [0.1, 0.15) is 22.3 Å². The summed E-state index contributed by atoms with van der Waals surface area (Å²) in [5.74, 6) is 0.673. The van der Waals surface area contributed by atoms with Gasteiger partial charge in [0.25, 0.3) is 0 Å². The number of ketones is 1. The van der Waals surface area contributed by atoms with Crippen LogP contribution < -0.4 is 4.74 Å². The quantitative estimate of drug-likeness (QED) is 0.319. The zero-order valence-electron chi connectivity index (χ0n) is 17.8. The minimum Gasteiger partial charge on any atom is -0.508 e. The first-order valence-electron chi connectivity index (χ1n) is 10.7. The molecule has 0 fully saturated rings. The SMILES string of the molecule is COc1ncc(CCC(=O)c2cncc3[nH]c4ccccc4c23)c2c1[nH]c1ccc(O)cc12. The van der Waals surface area contributed by atoms with E-state index in [1.807, 2.05) is 30.3 Å². The molecule has 0 saturated heterocycles. The number of Topliss-reactive ketones (excluding diaryl/α,β-unsaturated/α-hetero) is 1. The molecule has 0 bridgehead atoms. The number of benzene rings is 2. The molecule has 0 aliphatic rings. The zero-order valence-corrected chi connectivity index (χ0v) is 17.8. The lowest BCUT2D eigenvalue weighted by molar-refractivity contribution is 0.0984. The van der Waals surface area contributed by atoms with E-state index >= 15 is 0 Å². The Balaban J connectivity index is 1.42. The molecule has 6 rings (SSSR count). The van der Waals surface area contributed by atoms with E-state index in [2.05, 4.69) is 19.9 Å². The number of fused-ring (bicyclic) bond motifs is 6. The summed E-state index contributed by atoms with van der Waals surface area (Å²) in [6, 6.07) is 13.1. The number of aryl methyl sites for hydroxylation is 1. The van der Waals surface area contributed by atoms with Crippen LogP contribution in [0.25, 0.3) is 43.6 Å². The van der Waals surface area contributed by atoms with Crippen LogP contribution in [0.2, 0.25) is 0 Å². The maximum Gasteiger partial charge on any atom is 0.238 e.